The molecule has 17 heavy (non-hydrogen) atoms. The molecule has 2 rings (SSSR count). The molecular weight excluding hydrogens is 210 g/mol. The van der Waals surface area contributed by atoms with Crippen LogP contribution in [0, 0.1) is 0 Å². The average Bonchev–Trinajstić information content (AvgIpc) is 2.42. The fourth-order valence-electron chi connectivity index (χ4n) is 1.77. The van der Waals surface area contributed by atoms with Gasteiger partial charge in [0.15, 0.2) is 0 Å². The van der Waals surface area contributed by atoms with Crippen molar-refractivity contribution in [3.8, 4) is 0 Å². The maximum absolute atomic E-state index is 5.45. The van der Waals surface area contributed by atoms with E-state index in [9.17, 15) is 0 Å². The highest BCUT2D eigenvalue weighted by molar-refractivity contribution is 5.18. The van der Waals surface area contributed by atoms with Gasteiger partial charge in [0.2, 0.25) is 0 Å². The second-order valence-corrected chi connectivity index (χ2v) is 3.89. The third-order valence-electron chi connectivity index (χ3n) is 2.67. The summed E-state index contributed by atoms with van der Waals surface area (Å²) in [6.45, 7) is 0.800. The van der Waals surface area contributed by atoms with Crippen LogP contribution in [0.2, 0.25) is 0 Å². The molecule has 0 radical (unpaired) electrons. The van der Waals surface area contributed by atoms with Gasteiger partial charge in [0.05, 0.1) is 0 Å². The molecular formula is C15H17NO. The Morgan fingerprint density at radius 1 is 0.941 bits per heavy atom. The van der Waals surface area contributed by atoms with Gasteiger partial charge in [-0.2, -0.15) is 0 Å². The fourth-order valence-corrected chi connectivity index (χ4v) is 1.77. The van der Waals surface area contributed by atoms with E-state index in [2.05, 4.69) is 29.6 Å². The van der Waals surface area contributed by atoms with Gasteiger partial charge >= 0.3 is 0 Å². The first-order chi connectivity index (χ1) is 8.40. The van der Waals surface area contributed by atoms with Gasteiger partial charge in [-0.3, -0.25) is 5.32 Å². The molecule has 0 amide bonds. The predicted octanol–water partition coefficient (Wildman–Crippen LogP) is 3.12. The number of ether oxygens (including phenoxy) is 1. The van der Waals surface area contributed by atoms with Crippen LogP contribution in [0.5, 0.6) is 0 Å². The summed E-state index contributed by atoms with van der Waals surface area (Å²) in [4.78, 5) is 0. The minimum atomic E-state index is -0.0589. The smallest absolute Gasteiger partial charge is 0.134 e. The van der Waals surface area contributed by atoms with Crippen molar-refractivity contribution in [1.29, 1.82) is 0 Å². The van der Waals surface area contributed by atoms with Crippen LogP contribution < -0.4 is 5.32 Å². The molecule has 0 saturated carbocycles. The van der Waals surface area contributed by atoms with Crippen molar-refractivity contribution < 1.29 is 4.74 Å². The third kappa shape index (κ3) is 3.41. The zero-order valence-electron chi connectivity index (χ0n) is 9.97. The number of hydrogen-bond donors (Lipinski definition) is 1. The Morgan fingerprint density at radius 3 is 2.12 bits per heavy atom. The van der Waals surface area contributed by atoms with Gasteiger partial charge in [-0.15, -0.1) is 0 Å². The number of rotatable bonds is 5. The van der Waals surface area contributed by atoms with E-state index in [1.807, 2.05) is 36.4 Å². The normalized spacial score (nSPS) is 12.3. The Bertz CT molecular complexity index is 427. The molecule has 0 bridgehead atoms. The lowest BCUT2D eigenvalue weighted by Crippen LogP contribution is -2.22. The van der Waals surface area contributed by atoms with Gasteiger partial charge in [0.25, 0.3) is 0 Å². The van der Waals surface area contributed by atoms with E-state index < -0.39 is 0 Å². The van der Waals surface area contributed by atoms with E-state index in [0.29, 0.717) is 0 Å². The summed E-state index contributed by atoms with van der Waals surface area (Å²) in [6.07, 6.45) is -0.0589. The molecule has 1 N–H and O–H groups in total. The van der Waals surface area contributed by atoms with Gasteiger partial charge in [-0.05, 0) is 11.1 Å². The Balaban J connectivity index is 1.97. The molecule has 0 heterocycles. The maximum Gasteiger partial charge on any atom is 0.134 e. The highest BCUT2D eigenvalue weighted by atomic mass is 16.5. The SMILES string of the molecule is COC(NCc1ccccc1)c1ccccc1. The summed E-state index contributed by atoms with van der Waals surface area (Å²) in [7, 11) is 1.72. The van der Waals surface area contributed by atoms with E-state index in [4.69, 9.17) is 4.74 Å². The number of benzene rings is 2. The highest BCUT2D eigenvalue weighted by Gasteiger charge is 2.08. The van der Waals surface area contributed by atoms with Crippen LogP contribution in [0.1, 0.15) is 17.4 Å². The summed E-state index contributed by atoms with van der Waals surface area (Å²) in [5.74, 6) is 0. The number of methoxy groups -OCH3 is 1. The van der Waals surface area contributed by atoms with Crippen molar-refractivity contribution in [2.24, 2.45) is 0 Å². The predicted molar refractivity (Wildman–Crippen MR) is 69.5 cm³/mol. The van der Waals surface area contributed by atoms with Crippen molar-refractivity contribution >= 4 is 0 Å². The quantitative estimate of drug-likeness (QED) is 0.792. The molecule has 2 aromatic rings. The lowest BCUT2D eigenvalue weighted by Gasteiger charge is -2.17. The first kappa shape index (κ1) is 11.8. The van der Waals surface area contributed by atoms with E-state index >= 15 is 0 Å². The Morgan fingerprint density at radius 2 is 1.53 bits per heavy atom. The second kappa shape index (κ2) is 6.18. The fraction of sp³-hybridized carbons (Fsp3) is 0.200. The molecule has 0 spiro atoms. The van der Waals surface area contributed by atoms with Gasteiger partial charge in [0, 0.05) is 13.7 Å². The highest BCUT2D eigenvalue weighted by Crippen LogP contribution is 2.13. The Labute approximate surface area is 102 Å². The van der Waals surface area contributed by atoms with Crippen molar-refractivity contribution in [2.45, 2.75) is 12.8 Å². The van der Waals surface area contributed by atoms with Gasteiger partial charge in [-0.1, -0.05) is 60.7 Å². The molecule has 2 nitrogen and oxygen atoms in total. The molecule has 88 valence electrons. The molecule has 1 unspecified atom stereocenters. The standard InChI is InChI=1S/C15H17NO/c1-17-15(14-10-6-3-7-11-14)16-12-13-8-4-2-5-9-13/h2-11,15-16H,12H2,1H3. The Kier molecular flexibility index (Phi) is 4.30. The van der Waals surface area contributed by atoms with Crippen molar-refractivity contribution in [2.75, 3.05) is 7.11 Å². The summed E-state index contributed by atoms with van der Waals surface area (Å²) >= 11 is 0. The summed E-state index contributed by atoms with van der Waals surface area (Å²) in [5.41, 5.74) is 2.40. The molecule has 0 aliphatic heterocycles. The minimum Gasteiger partial charge on any atom is -0.362 e. The van der Waals surface area contributed by atoms with Crippen LogP contribution in [0.3, 0.4) is 0 Å². The molecule has 2 aromatic carbocycles. The number of nitrogens with one attached hydrogen (secondary N) is 1. The van der Waals surface area contributed by atoms with E-state index in [1.54, 1.807) is 7.11 Å². The molecule has 0 saturated heterocycles. The van der Waals surface area contributed by atoms with Gasteiger partial charge in [0.1, 0.15) is 6.23 Å². The van der Waals surface area contributed by atoms with Gasteiger partial charge < -0.3 is 4.74 Å². The molecule has 1 atom stereocenters. The zero-order chi connectivity index (χ0) is 11.9. The molecule has 0 aromatic heterocycles. The Hall–Kier alpha value is -1.64. The molecule has 0 aliphatic carbocycles. The second-order valence-electron chi connectivity index (χ2n) is 3.89. The first-order valence-electron chi connectivity index (χ1n) is 5.75. The first-order valence-corrected chi connectivity index (χ1v) is 5.75. The molecule has 0 fully saturated rings. The lowest BCUT2D eigenvalue weighted by molar-refractivity contribution is 0.0721. The topological polar surface area (TPSA) is 21.3 Å². The third-order valence-corrected chi connectivity index (χ3v) is 2.67. The van der Waals surface area contributed by atoms with Crippen LogP contribution in [0.4, 0.5) is 0 Å². The van der Waals surface area contributed by atoms with E-state index in [-0.39, 0.29) is 6.23 Å². The minimum absolute atomic E-state index is 0.0589. The summed E-state index contributed by atoms with van der Waals surface area (Å²) < 4.78 is 5.45. The van der Waals surface area contributed by atoms with Crippen molar-refractivity contribution in [3.05, 3.63) is 71.8 Å². The van der Waals surface area contributed by atoms with Crippen LogP contribution in [0.25, 0.3) is 0 Å². The molecule has 2 heteroatoms. The van der Waals surface area contributed by atoms with Crippen molar-refractivity contribution in [3.63, 3.8) is 0 Å². The van der Waals surface area contributed by atoms with E-state index in [1.165, 1.54) is 5.56 Å². The van der Waals surface area contributed by atoms with E-state index in [0.717, 1.165) is 12.1 Å². The monoisotopic (exact) mass is 227 g/mol. The van der Waals surface area contributed by atoms with Crippen LogP contribution in [-0.4, -0.2) is 7.11 Å². The van der Waals surface area contributed by atoms with Crippen molar-refractivity contribution in [1.82, 2.24) is 5.32 Å². The lowest BCUT2D eigenvalue weighted by atomic mass is 10.2. The number of hydrogen-bond acceptors (Lipinski definition) is 2. The van der Waals surface area contributed by atoms with Crippen LogP contribution in [-0.2, 0) is 11.3 Å². The van der Waals surface area contributed by atoms with Crippen LogP contribution in [0.15, 0.2) is 60.7 Å². The van der Waals surface area contributed by atoms with Gasteiger partial charge in [-0.25, -0.2) is 0 Å². The maximum atomic E-state index is 5.45. The summed E-state index contributed by atoms with van der Waals surface area (Å²) in [5, 5.41) is 3.38. The molecule has 0 aliphatic rings. The largest absolute Gasteiger partial charge is 0.362 e. The van der Waals surface area contributed by atoms with Crippen LogP contribution >= 0.6 is 0 Å². The zero-order valence-corrected chi connectivity index (χ0v) is 9.97. The average molecular weight is 227 g/mol. The summed E-state index contributed by atoms with van der Waals surface area (Å²) in [6, 6.07) is 20.5.